The molecule has 0 aromatic heterocycles. The number of benzene rings is 3. The predicted octanol–water partition coefficient (Wildman–Crippen LogP) is 6.19. The Morgan fingerprint density at radius 1 is 0.567 bits per heavy atom. The van der Waals surface area contributed by atoms with Crippen LogP contribution in [0.1, 0.15) is 41.5 Å². The summed E-state index contributed by atoms with van der Waals surface area (Å²) in [6.07, 6.45) is 8.97. The van der Waals surface area contributed by atoms with E-state index in [1.807, 2.05) is 0 Å². The van der Waals surface area contributed by atoms with Crippen LogP contribution in [0.25, 0.3) is 0 Å². The van der Waals surface area contributed by atoms with Gasteiger partial charge in [-0.1, -0.05) is 97.1 Å². The summed E-state index contributed by atoms with van der Waals surface area (Å²) in [5, 5.41) is 0. The topological polar surface area (TPSA) is 9.23 Å². The van der Waals surface area contributed by atoms with Gasteiger partial charge < -0.3 is 4.74 Å². The maximum absolute atomic E-state index is 7.62. The van der Waals surface area contributed by atoms with E-state index in [0.29, 0.717) is 11.8 Å². The second-order valence-corrected chi connectivity index (χ2v) is 10.0. The maximum atomic E-state index is 7.62. The standard InChI is InChI=1S/C29H24O/c1-3-9-22(10-4-1)28-24-13-7-8-14-25(24)29(30-28,23-11-5-2-6-12-23)27-19-26(27,28)20-15-17-21(27)18-16-20/h1-15,17,20-21H,16,18-19H2. The van der Waals surface area contributed by atoms with Gasteiger partial charge in [-0.3, -0.25) is 0 Å². The minimum Gasteiger partial charge on any atom is -0.348 e. The van der Waals surface area contributed by atoms with Crippen LogP contribution >= 0.6 is 0 Å². The Morgan fingerprint density at radius 3 is 1.43 bits per heavy atom. The molecule has 2 saturated carbocycles. The Balaban J connectivity index is 1.56. The first-order valence-electron chi connectivity index (χ1n) is 11.4. The summed E-state index contributed by atoms with van der Waals surface area (Å²) in [6.45, 7) is 0. The molecule has 4 aliphatic carbocycles. The van der Waals surface area contributed by atoms with Gasteiger partial charge in [0.1, 0.15) is 11.2 Å². The van der Waals surface area contributed by atoms with Gasteiger partial charge in [-0.15, -0.1) is 0 Å². The average Bonchev–Trinajstić information content (AvgIpc) is 3.44. The highest BCUT2D eigenvalue weighted by Crippen LogP contribution is 2.97. The fourth-order valence-electron chi connectivity index (χ4n) is 8.75. The molecule has 6 unspecified atom stereocenters. The molecular formula is C29H24O. The van der Waals surface area contributed by atoms with E-state index in [0.717, 1.165) is 0 Å². The maximum Gasteiger partial charge on any atom is 0.127 e. The summed E-state index contributed by atoms with van der Waals surface area (Å²) >= 11 is 0. The van der Waals surface area contributed by atoms with Gasteiger partial charge in [-0.05, 0) is 53.4 Å². The van der Waals surface area contributed by atoms with Gasteiger partial charge in [0.25, 0.3) is 0 Å². The van der Waals surface area contributed by atoms with Crippen LogP contribution in [0.15, 0.2) is 97.1 Å². The smallest absolute Gasteiger partial charge is 0.127 e. The SMILES string of the molecule is C1=CC2CCC1C13CC21C1(c2ccccc2)OC3(c2ccccc2)c2ccccc21. The molecule has 0 N–H and O–H groups in total. The molecule has 3 fully saturated rings. The summed E-state index contributed by atoms with van der Waals surface area (Å²) in [4.78, 5) is 0. The third kappa shape index (κ3) is 1.31. The Bertz CT molecular complexity index is 1130. The molecular weight excluding hydrogens is 364 g/mol. The van der Waals surface area contributed by atoms with E-state index in [9.17, 15) is 0 Å². The van der Waals surface area contributed by atoms with Crippen LogP contribution < -0.4 is 0 Å². The van der Waals surface area contributed by atoms with Crippen LogP contribution in [-0.2, 0) is 15.9 Å². The fraction of sp³-hybridized carbons (Fsp3) is 0.310. The molecule has 3 aromatic carbocycles. The van der Waals surface area contributed by atoms with Crippen molar-refractivity contribution >= 4 is 0 Å². The van der Waals surface area contributed by atoms with E-state index in [1.54, 1.807) is 0 Å². The monoisotopic (exact) mass is 388 g/mol. The minimum absolute atomic E-state index is 0.170. The van der Waals surface area contributed by atoms with Crippen molar-refractivity contribution in [2.45, 2.75) is 30.5 Å². The van der Waals surface area contributed by atoms with Crippen molar-refractivity contribution in [3.05, 3.63) is 119 Å². The van der Waals surface area contributed by atoms with Crippen LogP contribution in [0, 0.1) is 22.7 Å². The van der Waals surface area contributed by atoms with E-state index in [1.165, 1.54) is 41.5 Å². The van der Waals surface area contributed by atoms with Gasteiger partial charge in [0, 0.05) is 10.8 Å². The quantitative estimate of drug-likeness (QED) is 0.476. The fourth-order valence-corrected chi connectivity index (χ4v) is 8.75. The van der Waals surface area contributed by atoms with Crippen LogP contribution in [0.4, 0.5) is 0 Å². The number of rotatable bonds is 2. The van der Waals surface area contributed by atoms with Crippen LogP contribution in [0.5, 0.6) is 0 Å². The van der Waals surface area contributed by atoms with Crippen molar-refractivity contribution in [1.82, 2.24) is 0 Å². The highest BCUT2D eigenvalue weighted by Gasteiger charge is 2.97. The number of allylic oxidation sites excluding steroid dienone is 2. The van der Waals surface area contributed by atoms with Gasteiger partial charge in [-0.25, -0.2) is 0 Å². The molecule has 1 heteroatoms. The van der Waals surface area contributed by atoms with Crippen LogP contribution in [0.2, 0.25) is 0 Å². The molecule has 1 saturated heterocycles. The third-order valence-corrected chi connectivity index (χ3v) is 9.47. The lowest BCUT2D eigenvalue weighted by atomic mass is 9.48. The Kier molecular flexibility index (Phi) is 2.58. The van der Waals surface area contributed by atoms with Gasteiger partial charge in [0.15, 0.2) is 0 Å². The van der Waals surface area contributed by atoms with E-state index in [-0.39, 0.29) is 22.0 Å². The van der Waals surface area contributed by atoms with Gasteiger partial charge >= 0.3 is 0 Å². The molecule has 6 atom stereocenters. The lowest BCUT2D eigenvalue weighted by Gasteiger charge is -2.51. The summed E-state index contributed by atoms with van der Waals surface area (Å²) in [5.74, 6) is 1.20. The zero-order chi connectivity index (χ0) is 19.6. The lowest BCUT2D eigenvalue weighted by Crippen LogP contribution is -2.50. The summed E-state index contributed by atoms with van der Waals surface area (Å²) in [5.41, 5.74) is 5.14. The van der Waals surface area contributed by atoms with Crippen molar-refractivity contribution < 1.29 is 4.74 Å². The second kappa shape index (κ2) is 4.81. The molecule has 0 spiro atoms. The molecule has 6 aliphatic rings. The molecule has 1 nitrogen and oxygen atoms in total. The molecule has 0 radical (unpaired) electrons. The molecule has 4 bridgehead atoms. The highest BCUT2D eigenvalue weighted by atomic mass is 16.5. The largest absolute Gasteiger partial charge is 0.348 e. The first-order chi connectivity index (χ1) is 14.8. The van der Waals surface area contributed by atoms with Crippen LogP contribution in [-0.4, -0.2) is 0 Å². The normalized spacial score (nSPS) is 43.2. The molecule has 9 rings (SSSR count). The number of hydrogen-bond donors (Lipinski definition) is 0. The molecule has 146 valence electrons. The van der Waals surface area contributed by atoms with Gasteiger partial charge in [-0.2, -0.15) is 0 Å². The zero-order valence-corrected chi connectivity index (χ0v) is 16.9. The zero-order valence-electron chi connectivity index (χ0n) is 16.9. The van der Waals surface area contributed by atoms with Gasteiger partial charge in [0.05, 0.1) is 0 Å². The Hall–Kier alpha value is -2.64. The van der Waals surface area contributed by atoms with Crippen molar-refractivity contribution in [3.8, 4) is 0 Å². The van der Waals surface area contributed by atoms with Crippen molar-refractivity contribution in [2.75, 3.05) is 0 Å². The average molecular weight is 389 g/mol. The Labute approximate surface area is 177 Å². The minimum atomic E-state index is -0.352. The lowest BCUT2D eigenvalue weighted by molar-refractivity contribution is -0.0995. The predicted molar refractivity (Wildman–Crippen MR) is 117 cm³/mol. The first-order valence-corrected chi connectivity index (χ1v) is 11.4. The third-order valence-electron chi connectivity index (χ3n) is 9.47. The first kappa shape index (κ1) is 16.1. The van der Waals surface area contributed by atoms with Crippen molar-refractivity contribution in [3.63, 3.8) is 0 Å². The van der Waals surface area contributed by atoms with E-state index >= 15 is 0 Å². The summed E-state index contributed by atoms with van der Waals surface area (Å²) < 4.78 is 7.62. The van der Waals surface area contributed by atoms with Crippen molar-refractivity contribution in [1.29, 1.82) is 0 Å². The van der Waals surface area contributed by atoms with Crippen molar-refractivity contribution in [2.24, 2.45) is 22.7 Å². The second-order valence-electron chi connectivity index (χ2n) is 10.0. The van der Waals surface area contributed by atoms with Gasteiger partial charge in [0.2, 0.25) is 0 Å². The molecule has 2 heterocycles. The van der Waals surface area contributed by atoms with E-state index in [4.69, 9.17) is 4.74 Å². The molecule has 3 aromatic rings. The highest BCUT2D eigenvalue weighted by molar-refractivity contribution is 5.67. The number of ether oxygens (including phenoxy) is 1. The molecule has 30 heavy (non-hydrogen) atoms. The van der Waals surface area contributed by atoms with E-state index in [2.05, 4.69) is 97.1 Å². The summed E-state index contributed by atoms with van der Waals surface area (Å²) in [6, 6.07) is 31.4. The Morgan fingerprint density at radius 2 is 1.00 bits per heavy atom. The van der Waals surface area contributed by atoms with E-state index < -0.39 is 0 Å². The van der Waals surface area contributed by atoms with Crippen LogP contribution in [0.3, 0.4) is 0 Å². The number of fused-ring (bicyclic) bond motifs is 6. The number of hydrogen-bond acceptors (Lipinski definition) is 1. The molecule has 0 amide bonds. The summed E-state index contributed by atoms with van der Waals surface area (Å²) in [7, 11) is 0. The molecule has 2 aliphatic heterocycles.